The number of aromatic nitrogens is 2. The molecular weight excluding hydrogens is 454 g/mol. The van der Waals surface area contributed by atoms with Crippen molar-refractivity contribution in [3.05, 3.63) is 52.3 Å². The zero-order valence-electron chi connectivity index (χ0n) is 18.2. The van der Waals surface area contributed by atoms with Crippen LogP contribution < -0.4 is 0 Å². The van der Waals surface area contributed by atoms with Gasteiger partial charge < -0.3 is 4.90 Å². The van der Waals surface area contributed by atoms with Gasteiger partial charge in [0.05, 0.1) is 22.7 Å². The van der Waals surface area contributed by atoms with Gasteiger partial charge in [0.15, 0.2) is 20.7 Å². The molecule has 1 saturated heterocycles. The maximum atomic E-state index is 13.5. The van der Waals surface area contributed by atoms with Gasteiger partial charge in [0.2, 0.25) is 0 Å². The fourth-order valence-electron chi connectivity index (χ4n) is 3.50. The third-order valence-electron chi connectivity index (χ3n) is 5.18. The summed E-state index contributed by atoms with van der Waals surface area (Å²) in [6.07, 6.45) is 1.85. The fourth-order valence-corrected chi connectivity index (χ4v) is 6.08. The number of benzene rings is 1. The topological polar surface area (TPSA) is 80.2 Å². The molecule has 0 N–H and O–H groups in total. The lowest BCUT2D eigenvalue weighted by Crippen LogP contribution is -2.41. The van der Waals surface area contributed by atoms with Gasteiger partial charge >= 0.3 is 0 Å². The van der Waals surface area contributed by atoms with E-state index in [1.807, 2.05) is 38.1 Å². The summed E-state index contributed by atoms with van der Waals surface area (Å²) < 4.78 is 24.3. The van der Waals surface area contributed by atoms with Gasteiger partial charge in [-0.1, -0.05) is 75.3 Å². The van der Waals surface area contributed by atoms with Gasteiger partial charge in [0.1, 0.15) is 0 Å². The van der Waals surface area contributed by atoms with Gasteiger partial charge in [-0.15, -0.1) is 0 Å². The normalized spacial score (nSPS) is 18.0. The average molecular weight is 482 g/mol. The van der Waals surface area contributed by atoms with E-state index < -0.39 is 15.9 Å². The molecule has 6 nitrogen and oxygen atoms in total. The number of nitrogens with zero attached hydrogens (tertiary/aromatic N) is 3. The molecule has 1 aromatic heterocycles. The highest BCUT2D eigenvalue weighted by Crippen LogP contribution is 2.27. The van der Waals surface area contributed by atoms with Gasteiger partial charge in [0.25, 0.3) is 5.91 Å². The summed E-state index contributed by atoms with van der Waals surface area (Å²) >= 11 is 7.74. The molecule has 2 aromatic rings. The minimum absolute atomic E-state index is 0.0425. The molecule has 3 rings (SSSR count). The quantitative estimate of drug-likeness (QED) is 0.425. The first-order valence-corrected chi connectivity index (χ1v) is 13.4. The first kappa shape index (κ1) is 24.0. The maximum Gasteiger partial charge on any atom is 0.274 e. The van der Waals surface area contributed by atoms with Crippen molar-refractivity contribution in [2.45, 2.75) is 63.0 Å². The van der Waals surface area contributed by atoms with Gasteiger partial charge in [-0.25, -0.2) is 18.4 Å². The van der Waals surface area contributed by atoms with E-state index in [2.05, 4.69) is 23.8 Å². The molecule has 1 amide bonds. The average Bonchev–Trinajstić information content (AvgIpc) is 3.06. The lowest BCUT2D eigenvalue weighted by atomic mass is 10.0. The Morgan fingerprint density at radius 2 is 1.90 bits per heavy atom. The van der Waals surface area contributed by atoms with Crippen molar-refractivity contribution in [3.8, 4) is 0 Å². The largest absolute Gasteiger partial charge is 0.329 e. The van der Waals surface area contributed by atoms with E-state index in [1.54, 1.807) is 4.90 Å². The molecule has 1 aliphatic rings. The third kappa shape index (κ3) is 6.20. The molecule has 31 heavy (non-hydrogen) atoms. The highest BCUT2D eigenvalue weighted by atomic mass is 35.5. The molecular formula is C22H28ClN3O3S2. The summed E-state index contributed by atoms with van der Waals surface area (Å²) in [4.78, 5) is 23.7. The van der Waals surface area contributed by atoms with Crippen LogP contribution in [-0.2, 0) is 16.4 Å². The van der Waals surface area contributed by atoms with E-state index in [1.165, 1.54) is 23.5 Å². The van der Waals surface area contributed by atoms with E-state index in [0.717, 1.165) is 5.56 Å². The lowest BCUT2D eigenvalue weighted by molar-refractivity contribution is 0.0674. The van der Waals surface area contributed by atoms with Crippen molar-refractivity contribution in [2.24, 2.45) is 0 Å². The van der Waals surface area contributed by atoms with Crippen molar-refractivity contribution in [1.82, 2.24) is 14.9 Å². The highest BCUT2D eigenvalue weighted by molar-refractivity contribution is 7.99. The number of carbonyl (C=O) groups is 1. The van der Waals surface area contributed by atoms with Crippen LogP contribution in [0.5, 0.6) is 0 Å². The number of carbonyl (C=O) groups excluding carboxylic acids is 1. The molecule has 1 atom stereocenters. The van der Waals surface area contributed by atoms with Gasteiger partial charge in [-0.2, -0.15) is 0 Å². The van der Waals surface area contributed by atoms with E-state index in [4.69, 9.17) is 11.6 Å². The summed E-state index contributed by atoms with van der Waals surface area (Å²) in [6, 6.07) is 7.66. The monoisotopic (exact) mass is 481 g/mol. The van der Waals surface area contributed by atoms with Crippen LogP contribution in [0.2, 0.25) is 5.02 Å². The molecule has 0 unspecified atom stereocenters. The van der Waals surface area contributed by atoms with Crippen LogP contribution in [0.25, 0.3) is 0 Å². The molecule has 1 aliphatic heterocycles. The molecule has 0 radical (unpaired) electrons. The Morgan fingerprint density at radius 3 is 2.45 bits per heavy atom. The van der Waals surface area contributed by atoms with Crippen molar-refractivity contribution < 1.29 is 13.2 Å². The van der Waals surface area contributed by atoms with Crippen LogP contribution in [0.1, 0.15) is 61.6 Å². The Hall–Kier alpha value is -1.64. The Morgan fingerprint density at radius 1 is 1.23 bits per heavy atom. The first-order valence-electron chi connectivity index (χ1n) is 10.3. The Kier molecular flexibility index (Phi) is 7.65. The van der Waals surface area contributed by atoms with Crippen LogP contribution in [-0.4, -0.2) is 52.0 Å². The smallest absolute Gasteiger partial charge is 0.274 e. The van der Waals surface area contributed by atoms with Gasteiger partial charge in [-0.05, 0) is 23.5 Å². The summed E-state index contributed by atoms with van der Waals surface area (Å²) in [5.41, 5.74) is 2.26. The molecule has 1 fully saturated rings. The van der Waals surface area contributed by atoms with E-state index in [0.29, 0.717) is 24.0 Å². The number of thioether (sulfide) groups is 1. The summed E-state index contributed by atoms with van der Waals surface area (Å²) in [6.45, 7) is 8.57. The minimum atomic E-state index is -3.16. The van der Waals surface area contributed by atoms with Crippen molar-refractivity contribution >= 4 is 39.1 Å². The van der Waals surface area contributed by atoms with Crippen LogP contribution >= 0.6 is 23.4 Å². The van der Waals surface area contributed by atoms with Gasteiger partial charge in [-0.3, -0.25) is 4.79 Å². The molecule has 0 spiro atoms. The molecule has 1 aromatic carbocycles. The zero-order chi connectivity index (χ0) is 22.8. The van der Waals surface area contributed by atoms with E-state index >= 15 is 0 Å². The minimum Gasteiger partial charge on any atom is -0.329 e. The molecule has 0 saturated carbocycles. The lowest BCUT2D eigenvalue weighted by Gasteiger charge is -2.28. The number of hydrogen-bond acceptors (Lipinski definition) is 6. The number of hydrogen-bond donors (Lipinski definition) is 0. The number of halogens is 1. The predicted molar refractivity (Wildman–Crippen MR) is 125 cm³/mol. The SMILES string of the molecule is CC(C)Sc1ncc(Cl)c(C(=O)N(Cc2ccc(C(C)C)cc2)[C@H]2CCS(=O)(=O)C2)n1. The van der Waals surface area contributed by atoms with Gasteiger partial charge in [0, 0.05) is 17.8 Å². The summed E-state index contributed by atoms with van der Waals surface area (Å²) in [5, 5.41) is 0.891. The highest BCUT2D eigenvalue weighted by Gasteiger charge is 2.36. The predicted octanol–water partition coefficient (Wildman–Crippen LogP) is 4.58. The Bertz CT molecular complexity index is 1040. The Labute approximate surface area is 193 Å². The maximum absolute atomic E-state index is 13.5. The van der Waals surface area contributed by atoms with E-state index in [9.17, 15) is 13.2 Å². The van der Waals surface area contributed by atoms with Crippen molar-refractivity contribution in [1.29, 1.82) is 0 Å². The van der Waals surface area contributed by atoms with Crippen LogP contribution in [0.3, 0.4) is 0 Å². The molecule has 168 valence electrons. The standard InChI is InChI=1S/C22H28ClN3O3S2/c1-14(2)17-7-5-16(6-8-17)12-26(18-9-10-31(28,29)13-18)21(27)20-19(23)11-24-22(25-20)30-15(3)4/h5-8,11,14-15,18H,9-10,12-13H2,1-4H3/t18-/m0/s1. The summed E-state index contributed by atoms with van der Waals surface area (Å²) in [7, 11) is -3.16. The number of rotatable bonds is 7. The Balaban J connectivity index is 1.93. The first-order chi connectivity index (χ1) is 14.6. The molecule has 0 bridgehead atoms. The second kappa shape index (κ2) is 9.88. The molecule has 9 heteroatoms. The second-order valence-electron chi connectivity index (χ2n) is 8.40. The van der Waals surface area contributed by atoms with Crippen LogP contribution in [0.15, 0.2) is 35.6 Å². The van der Waals surface area contributed by atoms with E-state index in [-0.39, 0.29) is 33.4 Å². The summed E-state index contributed by atoms with van der Waals surface area (Å²) in [5.74, 6) is 0.0789. The zero-order valence-corrected chi connectivity index (χ0v) is 20.6. The second-order valence-corrected chi connectivity index (χ2v) is 12.6. The third-order valence-corrected chi connectivity index (χ3v) is 8.08. The van der Waals surface area contributed by atoms with Crippen LogP contribution in [0.4, 0.5) is 0 Å². The molecule has 2 heterocycles. The van der Waals surface area contributed by atoms with Crippen molar-refractivity contribution in [3.63, 3.8) is 0 Å². The van der Waals surface area contributed by atoms with Crippen molar-refractivity contribution in [2.75, 3.05) is 11.5 Å². The fraction of sp³-hybridized carbons (Fsp3) is 0.500. The number of sulfone groups is 1. The molecule has 0 aliphatic carbocycles. The number of amides is 1. The van der Waals surface area contributed by atoms with Crippen LogP contribution in [0, 0.1) is 0 Å².